The fourth-order valence-electron chi connectivity index (χ4n) is 6.65. The number of hydrogen-bond donors (Lipinski definition) is 2. The molecule has 3 fully saturated rings. The molecule has 0 aliphatic carbocycles. The molecule has 6 rings (SSSR count). The van der Waals surface area contributed by atoms with E-state index in [1.807, 2.05) is 54.3 Å². The number of rotatable bonds is 6. The van der Waals surface area contributed by atoms with E-state index in [9.17, 15) is 9.90 Å². The molecule has 0 radical (unpaired) electrons. The molecule has 3 aromatic rings. The van der Waals surface area contributed by atoms with Gasteiger partial charge in [0, 0.05) is 43.9 Å². The maximum absolute atomic E-state index is 13.3. The molecule has 0 spiro atoms. The molecule has 222 valence electrons. The SMILES string of the molecule is CC1CN(c2cc(-c3ccccc3O)nnc2N)CC(c2ccc(C(=O)N3CCC(CN4CCCCC4)CC3)cc2)O1. The van der Waals surface area contributed by atoms with E-state index in [1.54, 1.807) is 12.1 Å². The molecule has 4 heterocycles. The Labute approximate surface area is 248 Å². The van der Waals surface area contributed by atoms with Gasteiger partial charge in [-0.2, -0.15) is 0 Å². The third-order valence-corrected chi connectivity index (χ3v) is 8.98. The highest BCUT2D eigenvalue weighted by atomic mass is 16.5. The lowest BCUT2D eigenvalue weighted by atomic mass is 9.94. The third kappa shape index (κ3) is 6.37. The average molecular weight is 571 g/mol. The van der Waals surface area contributed by atoms with E-state index in [2.05, 4.69) is 20.0 Å². The Morgan fingerprint density at radius 1 is 0.976 bits per heavy atom. The van der Waals surface area contributed by atoms with E-state index >= 15 is 0 Å². The zero-order chi connectivity index (χ0) is 29.1. The number of carbonyl (C=O) groups excluding carboxylic acids is 1. The summed E-state index contributed by atoms with van der Waals surface area (Å²) in [5.41, 5.74) is 9.96. The van der Waals surface area contributed by atoms with Crippen molar-refractivity contribution in [1.29, 1.82) is 0 Å². The monoisotopic (exact) mass is 570 g/mol. The van der Waals surface area contributed by atoms with Crippen LogP contribution >= 0.6 is 0 Å². The van der Waals surface area contributed by atoms with E-state index in [0.29, 0.717) is 36.1 Å². The number of morpholine rings is 1. The molecular weight excluding hydrogens is 528 g/mol. The van der Waals surface area contributed by atoms with Crippen LogP contribution in [0.25, 0.3) is 11.3 Å². The minimum atomic E-state index is -0.190. The molecular formula is C33H42N6O3. The number of phenolic OH excluding ortho intramolecular Hbond substituents is 1. The summed E-state index contributed by atoms with van der Waals surface area (Å²) in [6.07, 6.45) is 5.95. The first-order chi connectivity index (χ1) is 20.4. The first-order valence-electron chi connectivity index (χ1n) is 15.4. The van der Waals surface area contributed by atoms with Gasteiger partial charge in [0.05, 0.1) is 17.5 Å². The van der Waals surface area contributed by atoms with E-state index in [0.717, 1.165) is 42.7 Å². The lowest BCUT2D eigenvalue weighted by molar-refractivity contribution is -0.0173. The number of aromatic nitrogens is 2. The highest BCUT2D eigenvalue weighted by molar-refractivity contribution is 5.94. The van der Waals surface area contributed by atoms with Crippen molar-refractivity contribution in [1.82, 2.24) is 20.0 Å². The van der Waals surface area contributed by atoms with Crippen molar-refractivity contribution < 1.29 is 14.6 Å². The zero-order valence-corrected chi connectivity index (χ0v) is 24.5. The molecule has 42 heavy (non-hydrogen) atoms. The number of nitrogens with zero attached hydrogens (tertiary/aromatic N) is 5. The summed E-state index contributed by atoms with van der Waals surface area (Å²) in [6, 6.07) is 16.8. The molecule has 9 heteroatoms. The second-order valence-electron chi connectivity index (χ2n) is 12.1. The average Bonchev–Trinajstić information content (AvgIpc) is 3.02. The highest BCUT2D eigenvalue weighted by Gasteiger charge is 2.30. The molecule has 2 atom stereocenters. The van der Waals surface area contributed by atoms with Crippen LogP contribution in [-0.2, 0) is 4.74 Å². The molecule has 2 unspecified atom stereocenters. The lowest BCUT2D eigenvalue weighted by Gasteiger charge is -2.38. The zero-order valence-electron chi connectivity index (χ0n) is 24.5. The number of anilines is 2. The minimum absolute atomic E-state index is 0.0440. The van der Waals surface area contributed by atoms with Crippen molar-refractivity contribution in [3.63, 3.8) is 0 Å². The van der Waals surface area contributed by atoms with Gasteiger partial charge in [-0.1, -0.05) is 30.7 Å². The van der Waals surface area contributed by atoms with E-state index in [4.69, 9.17) is 10.5 Å². The number of ether oxygens (including phenoxy) is 1. The minimum Gasteiger partial charge on any atom is -0.507 e. The van der Waals surface area contributed by atoms with Crippen molar-refractivity contribution in [2.75, 3.05) is 56.4 Å². The summed E-state index contributed by atoms with van der Waals surface area (Å²) < 4.78 is 6.33. The van der Waals surface area contributed by atoms with Crippen LogP contribution in [-0.4, -0.2) is 82.9 Å². The van der Waals surface area contributed by atoms with Crippen LogP contribution in [0.2, 0.25) is 0 Å². The standard InChI is InChI=1S/C33H42N6O3/c1-23-20-39(29-19-28(35-36-32(29)34)27-7-3-4-8-30(27)40)22-31(42-23)25-9-11-26(12-10-25)33(41)38-17-13-24(14-18-38)21-37-15-5-2-6-16-37/h3-4,7-12,19,23-24,31,40H,2,5-6,13-18,20-22H2,1H3,(H2,34,36). The normalized spacial score (nSPS) is 22.3. The van der Waals surface area contributed by atoms with Gasteiger partial charge >= 0.3 is 0 Å². The summed E-state index contributed by atoms with van der Waals surface area (Å²) in [6.45, 7) is 8.60. The van der Waals surface area contributed by atoms with Gasteiger partial charge in [-0.15, -0.1) is 10.2 Å². The van der Waals surface area contributed by atoms with Crippen LogP contribution in [0.1, 0.15) is 61.1 Å². The number of benzene rings is 2. The Morgan fingerprint density at radius 2 is 1.71 bits per heavy atom. The van der Waals surface area contributed by atoms with Crippen molar-refractivity contribution >= 4 is 17.4 Å². The number of hydrogen-bond acceptors (Lipinski definition) is 8. The second kappa shape index (κ2) is 12.7. The number of nitrogens with two attached hydrogens (primary N) is 1. The maximum atomic E-state index is 13.3. The van der Waals surface area contributed by atoms with E-state index in [1.165, 1.54) is 38.9 Å². The Kier molecular flexibility index (Phi) is 8.58. The first kappa shape index (κ1) is 28.4. The third-order valence-electron chi connectivity index (χ3n) is 8.98. The van der Waals surface area contributed by atoms with Gasteiger partial charge in [-0.25, -0.2) is 0 Å². The summed E-state index contributed by atoms with van der Waals surface area (Å²) in [5, 5.41) is 18.7. The molecule has 3 aliphatic rings. The van der Waals surface area contributed by atoms with Gasteiger partial charge in [0.1, 0.15) is 11.9 Å². The Balaban J connectivity index is 1.10. The molecule has 0 saturated carbocycles. The van der Waals surface area contributed by atoms with Crippen LogP contribution in [0.4, 0.5) is 11.5 Å². The number of nitrogen functional groups attached to an aromatic ring is 1. The van der Waals surface area contributed by atoms with Crippen LogP contribution in [0.15, 0.2) is 54.6 Å². The molecule has 9 nitrogen and oxygen atoms in total. The number of para-hydroxylation sites is 1. The van der Waals surface area contributed by atoms with Gasteiger partial charge in [0.15, 0.2) is 5.82 Å². The first-order valence-corrected chi connectivity index (χ1v) is 15.4. The number of aromatic hydroxyl groups is 1. The van der Waals surface area contributed by atoms with Crippen LogP contribution in [0.5, 0.6) is 5.75 Å². The highest BCUT2D eigenvalue weighted by Crippen LogP contribution is 2.35. The molecule has 1 aromatic heterocycles. The summed E-state index contributed by atoms with van der Waals surface area (Å²) in [4.78, 5) is 20.1. The number of amides is 1. The Hall–Kier alpha value is -3.69. The van der Waals surface area contributed by atoms with Crippen molar-refractivity contribution in [3.05, 3.63) is 65.7 Å². The fourth-order valence-corrected chi connectivity index (χ4v) is 6.65. The van der Waals surface area contributed by atoms with Crippen LogP contribution in [0.3, 0.4) is 0 Å². The van der Waals surface area contributed by atoms with Gasteiger partial charge < -0.3 is 30.3 Å². The molecule has 1 amide bonds. The Bertz CT molecular complexity index is 1370. The predicted octanol–water partition coefficient (Wildman–Crippen LogP) is 4.74. The van der Waals surface area contributed by atoms with Gasteiger partial charge in [-0.05, 0) is 87.5 Å². The second-order valence-corrected chi connectivity index (χ2v) is 12.1. The molecule has 0 bridgehead atoms. The van der Waals surface area contributed by atoms with Gasteiger partial charge in [0.25, 0.3) is 5.91 Å². The molecule has 2 aromatic carbocycles. The maximum Gasteiger partial charge on any atom is 0.253 e. The van der Waals surface area contributed by atoms with Crippen molar-refractivity contribution in [2.45, 2.75) is 51.2 Å². The molecule has 3 aliphatic heterocycles. The summed E-state index contributed by atoms with van der Waals surface area (Å²) >= 11 is 0. The topological polar surface area (TPSA) is 108 Å². The van der Waals surface area contributed by atoms with Crippen molar-refractivity contribution in [3.8, 4) is 17.0 Å². The largest absolute Gasteiger partial charge is 0.507 e. The molecule has 3 N–H and O–H groups in total. The number of likely N-dealkylation sites (tertiary alicyclic amines) is 2. The summed E-state index contributed by atoms with van der Waals surface area (Å²) in [5.74, 6) is 1.29. The lowest BCUT2D eigenvalue weighted by Crippen LogP contribution is -2.43. The Morgan fingerprint density at radius 3 is 2.45 bits per heavy atom. The smallest absolute Gasteiger partial charge is 0.253 e. The number of piperidine rings is 2. The van der Waals surface area contributed by atoms with E-state index in [-0.39, 0.29) is 23.9 Å². The fraction of sp³-hybridized carbons (Fsp3) is 0.485. The van der Waals surface area contributed by atoms with Crippen LogP contribution in [0, 0.1) is 5.92 Å². The van der Waals surface area contributed by atoms with Crippen molar-refractivity contribution in [2.24, 2.45) is 5.92 Å². The quantitative estimate of drug-likeness (QED) is 0.438. The van der Waals surface area contributed by atoms with Gasteiger partial charge in [0.2, 0.25) is 0 Å². The van der Waals surface area contributed by atoms with Gasteiger partial charge in [-0.3, -0.25) is 4.79 Å². The van der Waals surface area contributed by atoms with Crippen LogP contribution < -0.4 is 10.6 Å². The van der Waals surface area contributed by atoms with E-state index < -0.39 is 0 Å². The number of phenols is 1. The predicted molar refractivity (Wildman–Crippen MR) is 164 cm³/mol. The summed E-state index contributed by atoms with van der Waals surface area (Å²) in [7, 11) is 0. The number of carbonyl (C=O) groups is 1. The molecule has 3 saturated heterocycles.